The van der Waals surface area contributed by atoms with Crippen LogP contribution in [0.4, 0.5) is 0 Å². The van der Waals surface area contributed by atoms with Gasteiger partial charge >= 0.3 is 5.97 Å². The monoisotopic (exact) mass is 291 g/mol. The molecule has 0 bridgehead atoms. The molecule has 1 atom stereocenters. The van der Waals surface area contributed by atoms with Gasteiger partial charge in [-0.05, 0) is 18.4 Å². The largest absolute Gasteiger partial charge is 0.481 e. The first kappa shape index (κ1) is 15.5. The topological polar surface area (TPSA) is 75.6 Å². The highest BCUT2D eigenvalue weighted by Crippen LogP contribution is 2.35. The Morgan fingerprint density at radius 3 is 2.48 bits per heavy atom. The van der Waals surface area contributed by atoms with Crippen LogP contribution in [0.3, 0.4) is 0 Å². The van der Waals surface area contributed by atoms with Gasteiger partial charge in [0.25, 0.3) is 0 Å². The highest BCUT2D eigenvalue weighted by molar-refractivity contribution is 5.88. The number of carbonyl (C=O) groups is 2. The summed E-state index contributed by atoms with van der Waals surface area (Å²) in [7, 11) is 0. The molecule has 1 unspecified atom stereocenters. The first-order chi connectivity index (χ1) is 10.1. The zero-order valence-electron chi connectivity index (χ0n) is 12.2. The summed E-state index contributed by atoms with van der Waals surface area (Å²) in [5, 5.41) is 11.7. The van der Waals surface area contributed by atoms with Crippen molar-refractivity contribution in [1.29, 1.82) is 0 Å². The average Bonchev–Trinajstić information content (AvgIpc) is 2.53. The van der Waals surface area contributed by atoms with Crippen molar-refractivity contribution < 1.29 is 19.4 Å². The van der Waals surface area contributed by atoms with E-state index in [4.69, 9.17) is 9.84 Å². The number of carboxylic acids is 1. The van der Waals surface area contributed by atoms with Crippen LogP contribution < -0.4 is 5.32 Å². The molecule has 1 saturated heterocycles. The Balaban J connectivity index is 2.16. The van der Waals surface area contributed by atoms with E-state index in [2.05, 4.69) is 5.32 Å². The average molecular weight is 291 g/mol. The van der Waals surface area contributed by atoms with E-state index < -0.39 is 17.3 Å². The Hall–Kier alpha value is -1.88. The molecule has 2 N–H and O–H groups in total. The maximum Gasteiger partial charge on any atom is 0.308 e. The fourth-order valence-electron chi connectivity index (χ4n) is 2.63. The Labute approximate surface area is 124 Å². The Bertz CT molecular complexity index is 494. The van der Waals surface area contributed by atoms with Crippen molar-refractivity contribution in [3.05, 3.63) is 35.9 Å². The molecule has 1 aromatic carbocycles. The number of amides is 1. The Morgan fingerprint density at radius 2 is 1.90 bits per heavy atom. The van der Waals surface area contributed by atoms with Crippen molar-refractivity contribution in [2.24, 2.45) is 5.92 Å². The minimum atomic E-state index is -0.906. The number of nitrogens with one attached hydrogen (secondary N) is 1. The lowest BCUT2D eigenvalue weighted by Gasteiger charge is -2.36. The molecule has 0 aromatic heterocycles. The van der Waals surface area contributed by atoms with Gasteiger partial charge in [0.05, 0.1) is 11.3 Å². The molecule has 0 aliphatic carbocycles. The van der Waals surface area contributed by atoms with E-state index in [9.17, 15) is 9.59 Å². The van der Waals surface area contributed by atoms with Gasteiger partial charge in [-0.2, -0.15) is 0 Å². The smallest absolute Gasteiger partial charge is 0.308 e. The number of benzene rings is 1. The van der Waals surface area contributed by atoms with Crippen LogP contribution in [0.15, 0.2) is 30.3 Å². The maximum absolute atomic E-state index is 12.7. The molecule has 1 aliphatic heterocycles. The molecule has 21 heavy (non-hydrogen) atoms. The molecule has 1 amide bonds. The zero-order chi connectivity index (χ0) is 15.3. The summed E-state index contributed by atoms with van der Waals surface area (Å²) in [6.07, 6.45) is 1.23. The molecule has 0 saturated carbocycles. The highest BCUT2D eigenvalue weighted by atomic mass is 16.5. The number of hydrogen-bond acceptors (Lipinski definition) is 3. The standard InChI is InChI=1S/C16H21NO4/c1-12(14(18)19)11-17-15(20)16(7-9-21-10-8-16)13-5-3-2-4-6-13/h2-6,12H,7-11H2,1H3,(H,17,20)(H,18,19). The molecular weight excluding hydrogens is 270 g/mol. The molecule has 1 aliphatic rings. The van der Waals surface area contributed by atoms with E-state index in [0.717, 1.165) is 5.56 Å². The predicted octanol–water partition coefficient (Wildman–Crippen LogP) is 1.57. The molecule has 114 valence electrons. The maximum atomic E-state index is 12.7. The second-order valence-electron chi connectivity index (χ2n) is 5.51. The van der Waals surface area contributed by atoms with Gasteiger partial charge in [0, 0.05) is 19.8 Å². The van der Waals surface area contributed by atoms with Gasteiger partial charge in [-0.1, -0.05) is 37.3 Å². The van der Waals surface area contributed by atoms with E-state index in [1.807, 2.05) is 30.3 Å². The number of hydrogen-bond donors (Lipinski definition) is 2. The van der Waals surface area contributed by atoms with Crippen molar-refractivity contribution in [2.75, 3.05) is 19.8 Å². The minimum Gasteiger partial charge on any atom is -0.481 e. The number of rotatable bonds is 5. The fourth-order valence-corrected chi connectivity index (χ4v) is 2.63. The minimum absolute atomic E-state index is 0.106. The third-order valence-corrected chi connectivity index (χ3v) is 4.10. The van der Waals surface area contributed by atoms with Gasteiger partial charge in [0.15, 0.2) is 0 Å². The van der Waals surface area contributed by atoms with Crippen LogP contribution in [-0.2, 0) is 19.7 Å². The van der Waals surface area contributed by atoms with Crippen LogP contribution in [0.2, 0.25) is 0 Å². The van der Waals surface area contributed by atoms with Crippen LogP contribution in [0.25, 0.3) is 0 Å². The number of ether oxygens (including phenoxy) is 1. The summed E-state index contributed by atoms with van der Waals surface area (Å²) in [5.74, 6) is -1.61. The molecule has 1 aromatic rings. The number of aliphatic carboxylic acids is 1. The Morgan fingerprint density at radius 1 is 1.29 bits per heavy atom. The zero-order valence-corrected chi connectivity index (χ0v) is 12.2. The van der Waals surface area contributed by atoms with Gasteiger partial charge < -0.3 is 15.2 Å². The SMILES string of the molecule is CC(CNC(=O)C1(c2ccccc2)CCOCC1)C(=O)O. The van der Waals surface area contributed by atoms with Crippen molar-refractivity contribution in [2.45, 2.75) is 25.2 Å². The van der Waals surface area contributed by atoms with E-state index in [0.29, 0.717) is 26.1 Å². The lowest BCUT2D eigenvalue weighted by molar-refractivity contribution is -0.141. The van der Waals surface area contributed by atoms with Gasteiger partial charge in [0.2, 0.25) is 5.91 Å². The van der Waals surface area contributed by atoms with Gasteiger partial charge in [-0.15, -0.1) is 0 Å². The van der Waals surface area contributed by atoms with Crippen molar-refractivity contribution in [1.82, 2.24) is 5.32 Å². The fraction of sp³-hybridized carbons (Fsp3) is 0.500. The van der Waals surface area contributed by atoms with E-state index >= 15 is 0 Å². The van der Waals surface area contributed by atoms with Gasteiger partial charge in [0.1, 0.15) is 0 Å². The molecule has 5 heteroatoms. The molecule has 1 heterocycles. The molecule has 1 fully saturated rings. The first-order valence-corrected chi connectivity index (χ1v) is 7.20. The van der Waals surface area contributed by atoms with Crippen LogP contribution in [0.1, 0.15) is 25.3 Å². The Kier molecular flexibility index (Phi) is 4.96. The van der Waals surface area contributed by atoms with Crippen LogP contribution in [0, 0.1) is 5.92 Å². The summed E-state index contributed by atoms with van der Waals surface area (Å²) in [5.41, 5.74) is 0.353. The highest BCUT2D eigenvalue weighted by Gasteiger charge is 2.41. The van der Waals surface area contributed by atoms with E-state index in [1.54, 1.807) is 6.92 Å². The summed E-state index contributed by atoms with van der Waals surface area (Å²) in [6.45, 7) is 2.80. The van der Waals surface area contributed by atoms with Crippen LogP contribution >= 0.6 is 0 Å². The second kappa shape index (κ2) is 6.72. The summed E-state index contributed by atoms with van der Waals surface area (Å²) in [4.78, 5) is 23.6. The van der Waals surface area contributed by atoms with Crippen molar-refractivity contribution >= 4 is 11.9 Å². The van der Waals surface area contributed by atoms with Crippen molar-refractivity contribution in [3.63, 3.8) is 0 Å². The number of carbonyl (C=O) groups excluding carboxylic acids is 1. The molecular formula is C16H21NO4. The first-order valence-electron chi connectivity index (χ1n) is 7.20. The molecule has 0 spiro atoms. The quantitative estimate of drug-likeness (QED) is 0.863. The molecule has 5 nitrogen and oxygen atoms in total. The van der Waals surface area contributed by atoms with E-state index in [-0.39, 0.29) is 12.5 Å². The van der Waals surface area contributed by atoms with Crippen molar-refractivity contribution in [3.8, 4) is 0 Å². The van der Waals surface area contributed by atoms with E-state index in [1.165, 1.54) is 0 Å². The lowest BCUT2D eigenvalue weighted by atomic mass is 9.73. The van der Waals surface area contributed by atoms with Gasteiger partial charge in [-0.3, -0.25) is 9.59 Å². The molecule has 2 rings (SSSR count). The molecule has 0 radical (unpaired) electrons. The van der Waals surface area contributed by atoms with Crippen LogP contribution in [0.5, 0.6) is 0 Å². The lowest BCUT2D eigenvalue weighted by Crippen LogP contribution is -2.49. The summed E-state index contributed by atoms with van der Waals surface area (Å²) in [6, 6.07) is 9.65. The second-order valence-corrected chi connectivity index (χ2v) is 5.51. The summed E-state index contributed by atoms with van der Waals surface area (Å²) >= 11 is 0. The van der Waals surface area contributed by atoms with Gasteiger partial charge in [-0.25, -0.2) is 0 Å². The normalized spacial score (nSPS) is 18.7. The third kappa shape index (κ3) is 3.42. The third-order valence-electron chi connectivity index (χ3n) is 4.10. The van der Waals surface area contributed by atoms with Crippen LogP contribution in [-0.4, -0.2) is 36.7 Å². The predicted molar refractivity (Wildman–Crippen MR) is 78.0 cm³/mol. The number of carboxylic acid groups (broad SMARTS) is 1. The summed E-state index contributed by atoms with van der Waals surface area (Å²) < 4.78 is 5.39.